The lowest BCUT2D eigenvalue weighted by atomic mass is 10.1. The Morgan fingerprint density at radius 1 is 1.17 bits per heavy atom. The molecule has 5 rings (SSSR count). The number of alkyl halides is 2. The number of unbranched alkanes of at least 4 members (excludes halogenated alkanes) is 1. The van der Waals surface area contributed by atoms with Crippen LogP contribution in [0.5, 0.6) is 0 Å². The van der Waals surface area contributed by atoms with Crippen molar-refractivity contribution in [2.45, 2.75) is 32.2 Å². The fourth-order valence-corrected chi connectivity index (χ4v) is 4.28. The van der Waals surface area contributed by atoms with E-state index in [2.05, 4.69) is 20.3 Å². The molecule has 12 heteroatoms. The highest BCUT2D eigenvalue weighted by Gasteiger charge is 2.32. The Morgan fingerprint density at radius 3 is 2.67 bits per heavy atom. The second-order valence-electron chi connectivity index (χ2n) is 8.82. The van der Waals surface area contributed by atoms with E-state index < -0.39 is 6.43 Å². The van der Waals surface area contributed by atoms with Crippen molar-refractivity contribution in [1.29, 1.82) is 0 Å². The highest BCUT2D eigenvalue weighted by Crippen LogP contribution is 2.29. The van der Waals surface area contributed by atoms with Crippen LogP contribution in [0, 0.1) is 0 Å². The van der Waals surface area contributed by atoms with Gasteiger partial charge in [0.2, 0.25) is 5.95 Å². The zero-order valence-electron chi connectivity index (χ0n) is 20.1. The highest BCUT2D eigenvalue weighted by atomic mass is 19.3. The zero-order chi connectivity index (χ0) is 25.1. The molecule has 2 aliphatic heterocycles. The molecule has 0 unspecified atom stereocenters. The quantitative estimate of drug-likeness (QED) is 0.468. The molecule has 3 aromatic rings. The van der Waals surface area contributed by atoms with Crippen molar-refractivity contribution in [3.8, 4) is 5.82 Å². The van der Waals surface area contributed by atoms with Crippen LogP contribution in [0.15, 0.2) is 30.3 Å². The number of aromatic nitrogens is 4. The number of nitrogens with one attached hydrogen (secondary N) is 1. The average molecular weight is 502 g/mol. The first-order valence-electron chi connectivity index (χ1n) is 12.2. The molecule has 1 N–H and O–H groups in total. The summed E-state index contributed by atoms with van der Waals surface area (Å²) >= 11 is 0. The Labute approximate surface area is 207 Å². The number of carbonyl (C=O) groups excluding carboxylic acids is 1. The number of hydrogen-bond donors (Lipinski definition) is 1. The number of imidazole rings is 1. The van der Waals surface area contributed by atoms with Crippen LogP contribution < -0.4 is 10.2 Å². The molecule has 10 nitrogen and oxygen atoms in total. The molecule has 1 aromatic carbocycles. The standard InChI is InChI=1S/C24H29F2N7O3/c1-2-3-10-36-24(34)32-14-16(15-32)27-23-29-19(31-8-11-35-12-9-31)13-20(30-23)33-18-7-5-4-6-17(18)28-22(33)21(25)26/h4-7,13,16,21H,2-3,8-12,14-15H2,1H3,(H,27,29,30). The van der Waals surface area contributed by atoms with E-state index in [1.165, 1.54) is 4.57 Å². The fraction of sp³-hybridized carbons (Fsp3) is 0.500. The van der Waals surface area contributed by atoms with Gasteiger partial charge in [0.1, 0.15) is 11.6 Å². The maximum absolute atomic E-state index is 14.0. The predicted molar refractivity (Wildman–Crippen MR) is 130 cm³/mol. The number of nitrogens with zero attached hydrogens (tertiary/aromatic N) is 6. The molecule has 2 aliphatic rings. The number of likely N-dealkylation sites (tertiary alicyclic amines) is 1. The number of ether oxygens (including phenoxy) is 2. The molecule has 0 spiro atoms. The van der Waals surface area contributed by atoms with Gasteiger partial charge in [-0.3, -0.25) is 4.57 Å². The van der Waals surface area contributed by atoms with Gasteiger partial charge in [-0.1, -0.05) is 25.5 Å². The summed E-state index contributed by atoms with van der Waals surface area (Å²) in [6.07, 6.45) is -1.34. The molecular weight excluding hydrogens is 472 g/mol. The predicted octanol–water partition coefficient (Wildman–Crippen LogP) is 3.62. The van der Waals surface area contributed by atoms with Crippen LogP contribution >= 0.6 is 0 Å². The number of fused-ring (bicyclic) bond motifs is 1. The molecule has 2 fully saturated rings. The van der Waals surface area contributed by atoms with Crippen molar-refractivity contribution in [2.24, 2.45) is 0 Å². The van der Waals surface area contributed by atoms with Gasteiger partial charge in [0.25, 0.3) is 6.43 Å². The minimum absolute atomic E-state index is 0.0781. The van der Waals surface area contributed by atoms with Gasteiger partial charge < -0.3 is 24.6 Å². The molecule has 1 amide bonds. The number of anilines is 2. The third-order valence-electron chi connectivity index (χ3n) is 6.24. The maximum Gasteiger partial charge on any atom is 0.409 e. The first kappa shape index (κ1) is 24.2. The Bertz CT molecular complexity index is 1210. The molecule has 192 valence electrons. The van der Waals surface area contributed by atoms with E-state index in [1.54, 1.807) is 35.2 Å². The molecule has 0 saturated carbocycles. The van der Waals surface area contributed by atoms with Crippen LogP contribution in [0.2, 0.25) is 0 Å². The lowest BCUT2D eigenvalue weighted by Crippen LogP contribution is -2.57. The van der Waals surface area contributed by atoms with E-state index in [9.17, 15) is 13.6 Å². The van der Waals surface area contributed by atoms with Crippen molar-refractivity contribution in [3.05, 3.63) is 36.2 Å². The van der Waals surface area contributed by atoms with Gasteiger partial charge >= 0.3 is 6.09 Å². The number of hydrogen-bond acceptors (Lipinski definition) is 8. The third-order valence-corrected chi connectivity index (χ3v) is 6.24. The normalized spacial score (nSPS) is 16.4. The summed E-state index contributed by atoms with van der Waals surface area (Å²) in [6, 6.07) is 8.60. The topological polar surface area (TPSA) is 97.6 Å². The van der Waals surface area contributed by atoms with Gasteiger partial charge in [-0.25, -0.2) is 18.6 Å². The van der Waals surface area contributed by atoms with E-state index in [-0.39, 0.29) is 18.0 Å². The molecule has 2 saturated heterocycles. The van der Waals surface area contributed by atoms with Crippen LogP contribution in [-0.4, -0.2) is 82.6 Å². The largest absolute Gasteiger partial charge is 0.449 e. The first-order chi connectivity index (χ1) is 17.5. The Hall–Kier alpha value is -3.54. The lowest BCUT2D eigenvalue weighted by molar-refractivity contribution is 0.0747. The summed E-state index contributed by atoms with van der Waals surface area (Å²) in [6.45, 7) is 5.69. The van der Waals surface area contributed by atoms with Crippen LogP contribution in [-0.2, 0) is 9.47 Å². The number of halogens is 2. The van der Waals surface area contributed by atoms with E-state index in [0.717, 1.165) is 12.8 Å². The minimum Gasteiger partial charge on any atom is -0.449 e. The van der Waals surface area contributed by atoms with Crippen molar-refractivity contribution in [3.63, 3.8) is 0 Å². The zero-order valence-corrected chi connectivity index (χ0v) is 20.1. The van der Waals surface area contributed by atoms with E-state index in [0.29, 0.717) is 74.6 Å². The van der Waals surface area contributed by atoms with E-state index >= 15 is 0 Å². The summed E-state index contributed by atoms with van der Waals surface area (Å²) in [5, 5.41) is 3.26. The molecule has 0 bridgehead atoms. The Balaban J connectivity index is 1.42. The van der Waals surface area contributed by atoms with Crippen LogP contribution in [0.25, 0.3) is 16.9 Å². The average Bonchev–Trinajstić information content (AvgIpc) is 3.26. The number of para-hydroxylation sites is 2. The second kappa shape index (κ2) is 10.6. The highest BCUT2D eigenvalue weighted by molar-refractivity contribution is 5.78. The van der Waals surface area contributed by atoms with Crippen LogP contribution in [0.1, 0.15) is 32.0 Å². The summed E-state index contributed by atoms with van der Waals surface area (Å²) in [4.78, 5) is 29.2. The van der Waals surface area contributed by atoms with Crippen molar-refractivity contribution in [2.75, 3.05) is 56.2 Å². The molecule has 2 aromatic heterocycles. The summed E-state index contributed by atoms with van der Waals surface area (Å²) in [7, 11) is 0. The monoisotopic (exact) mass is 501 g/mol. The summed E-state index contributed by atoms with van der Waals surface area (Å²) in [5.41, 5.74) is 1.00. The second-order valence-corrected chi connectivity index (χ2v) is 8.82. The van der Waals surface area contributed by atoms with E-state index in [4.69, 9.17) is 9.47 Å². The molecule has 4 heterocycles. The fourth-order valence-electron chi connectivity index (χ4n) is 4.28. The van der Waals surface area contributed by atoms with Crippen molar-refractivity contribution in [1.82, 2.24) is 24.4 Å². The van der Waals surface area contributed by atoms with Gasteiger partial charge in [-0.05, 0) is 18.6 Å². The number of carbonyl (C=O) groups is 1. The molecule has 0 atom stereocenters. The van der Waals surface area contributed by atoms with Gasteiger partial charge in [0, 0.05) is 32.2 Å². The van der Waals surface area contributed by atoms with Crippen LogP contribution in [0.3, 0.4) is 0 Å². The summed E-state index contributed by atoms with van der Waals surface area (Å²) < 4.78 is 40.1. The number of benzene rings is 1. The van der Waals surface area contributed by atoms with Gasteiger partial charge in [-0.15, -0.1) is 0 Å². The smallest absolute Gasteiger partial charge is 0.409 e. The van der Waals surface area contributed by atoms with Gasteiger partial charge in [0.15, 0.2) is 5.82 Å². The molecule has 0 aliphatic carbocycles. The molecular formula is C24H29F2N7O3. The summed E-state index contributed by atoms with van der Waals surface area (Å²) in [5.74, 6) is 0.835. The molecule has 0 radical (unpaired) electrons. The molecule has 36 heavy (non-hydrogen) atoms. The number of rotatable bonds is 8. The Kier molecular flexibility index (Phi) is 7.12. The van der Waals surface area contributed by atoms with Crippen molar-refractivity contribution >= 4 is 28.9 Å². The van der Waals surface area contributed by atoms with E-state index in [1.807, 2.05) is 11.8 Å². The van der Waals surface area contributed by atoms with Crippen molar-refractivity contribution < 1.29 is 23.0 Å². The maximum atomic E-state index is 14.0. The first-order valence-corrected chi connectivity index (χ1v) is 12.2. The number of morpholine rings is 1. The minimum atomic E-state index is -2.78. The Morgan fingerprint density at radius 2 is 1.92 bits per heavy atom. The van der Waals surface area contributed by atoms with Gasteiger partial charge in [0.05, 0.1) is 36.9 Å². The lowest BCUT2D eigenvalue weighted by Gasteiger charge is -2.38. The van der Waals surface area contributed by atoms with Crippen LogP contribution in [0.4, 0.5) is 25.3 Å². The third kappa shape index (κ3) is 5.03. The number of amides is 1. The van der Waals surface area contributed by atoms with Gasteiger partial charge in [-0.2, -0.15) is 9.97 Å². The SMILES string of the molecule is CCCCOC(=O)N1CC(Nc2nc(N3CCOCC3)cc(-n3c(C(F)F)nc4ccccc43)n2)C1.